The van der Waals surface area contributed by atoms with Gasteiger partial charge in [-0.3, -0.25) is 9.69 Å². The van der Waals surface area contributed by atoms with E-state index >= 15 is 0 Å². The van der Waals surface area contributed by atoms with Gasteiger partial charge < -0.3 is 15.2 Å². The number of aryl methyl sites for hydroxylation is 1. The van der Waals surface area contributed by atoms with Crippen molar-refractivity contribution in [2.45, 2.75) is 25.3 Å². The van der Waals surface area contributed by atoms with Crippen molar-refractivity contribution in [2.24, 2.45) is 7.05 Å². The number of anilines is 1. The smallest absolute Gasteiger partial charge is 0.253 e. The molecule has 1 aliphatic heterocycles. The molecule has 0 unspecified atom stereocenters. The van der Waals surface area contributed by atoms with E-state index in [2.05, 4.69) is 49.9 Å². The molecule has 2 N–H and O–H groups in total. The van der Waals surface area contributed by atoms with Crippen LogP contribution in [0.5, 0.6) is 0 Å². The number of rotatable bonds is 5. The molecule has 1 fully saturated rings. The van der Waals surface area contributed by atoms with Crippen LogP contribution in [-0.4, -0.2) is 62.6 Å². The Kier molecular flexibility index (Phi) is 6.21. The molecule has 4 aromatic rings. The number of nitrogens with two attached hydrogens (primary N) is 1. The second-order valence-electron chi connectivity index (χ2n) is 9.51. The average Bonchev–Trinajstić information content (AvgIpc) is 3.20. The van der Waals surface area contributed by atoms with E-state index in [0.29, 0.717) is 11.7 Å². The highest BCUT2D eigenvalue weighted by molar-refractivity contribution is 5.94. The van der Waals surface area contributed by atoms with Crippen LogP contribution in [0.3, 0.4) is 0 Å². The Hall–Kier alpha value is -3.78. The highest BCUT2D eigenvalue weighted by Gasteiger charge is 2.22. The van der Waals surface area contributed by atoms with Crippen LogP contribution >= 0.6 is 0 Å². The van der Waals surface area contributed by atoms with Gasteiger partial charge in [0.25, 0.3) is 5.91 Å². The van der Waals surface area contributed by atoms with E-state index in [1.807, 2.05) is 30.5 Å². The minimum atomic E-state index is 0.0439. The van der Waals surface area contributed by atoms with E-state index in [1.54, 1.807) is 25.1 Å². The summed E-state index contributed by atoms with van der Waals surface area (Å²) in [6.07, 6.45) is 4.03. The number of nitrogens with zero attached hydrogens (tertiary/aromatic N) is 6. The number of carbonyl (C=O) groups is 1. The van der Waals surface area contributed by atoms with Gasteiger partial charge in [-0.05, 0) is 73.8 Å². The van der Waals surface area contributed by atoms with Crippen LogP contribution in [0.4, 0.5) is 5.82 Å². The molecule has 0 radical (unpaired) electrons. The summed E-state index contributed by atoms with van der Waals surface area (Å²) >= 11 is 0. The van der Waals surface area contributed by atoms with Crippen LogP contribution in [0.25, 0.3) is 22.3 Å². The van der Waals surface area contributed by atoms with Crippen LogP contribution in [0.15, 0.2) is 54.7 Å². The van der Waals surface area contributed by atoms with Gasteiger partial charge >= 0.3 is 0 Å². The molecule has 0 saturated carbocycles. The van der Waals surface area contributed by atoms with E-state index in [1.165, 1.54) is 11.3 Å². The largest absolute Gasteiger partial charge is 0.382 e. The number of hydrogen-bond acceptors (Lipinski definition) is 6. The number of likely N-dealkylation sites (tertiary alicyclic amines) is 1. The highest BCUT2D eigenvalue weighted by atomic mass is 16.2. The monoisotopic (exact) mass is 469 g/mol. The van der Waals surface area contributed by atoms with Gasteiger partial charge in [-0.1, -0.05) is 12.1 Å². The van der Waals surface area contributed by atoms with Crippen molar-refractivity contribution in [1.29, 1.82) is 0 Å². The number of benzene rings is 1. The lowest BCUT2D eigenvalue weighted by atomic mass is 9.89. The Morgan fingerprint density at radius 2 is 1.80 bits per heavy atom. The molecule has 1 aromatic carbocycles. The maximum absolute atomic E-state index is 12.2. The molecule has 1 saturated heterocycles. The second kappa shape index (κ2) is 9.46. The summed E-state index contributed by atoms with van der Waals surface area (Å²) in [6, 6.07) is 16.0. The summed E-state index contributed by atoms with van der Waals surface area (Å²) in [4.78, 5) is 20.9. The minimum absolute atomic E-state index is 0.0439. The van der Waals surface area contributed by atoms with E-state index < -0.39 is 0 Å². The van der Waals surface area contributed by atoms with E-state index in [4.69, 9.17) is 5.73 Å². The van der Waals surface area contributed by atoms with Gasteiger partial charge in [0.1, 0.15) is 11.5 Å². The summed E-state index contributed by atoms with van der Waals surface area (Å²) in [7, 11) is 5.64. The molecule has 0 bridgehead atoms. The lowest BCUT2D eigenvalue weighted by molar-refractivity contribution is 0.0827. The first-order valence-corrected chi connectivity index (χ1v) is 12.0. The molecule has 1 aliphatic rings. The number of carbonyl (C=O) groups excluding carboxylic acids is 1. The molecule has 180 valence electrons. The van der Waals surface area contributed by atoms with Crippen LogP contribution in [-0.2, 0) is 13.6 Å². The van der Waals surface area contributed by atoms with E-state index in [-0.39, 0.29) is 5.91 Å². The third-order valence-electron chi connectivity index (χ3n) is 7.00. The maximum atomic E-state index is 12.2. The molecule has 3 aromatic heterocycles. The minimum Gasteiger partial charge on any atom is -0.382 e. The van der Waals surface area contributed by atoms with Crippen molar-refractivity contribution in [3.8, 4) is 11.3 Å². The summed E-state index contributed by atoms with van der Waals surface area (Å²) in [5.41, 5.74) is 11.8. The fraction of sp³-hybridized carbons (Fsp3) is 0.333. The Labute approximate surface area is 205 Å². The fourth-order valence-electron chi connectivity index (χ4n) is 4.94. The van der Waals surface area contributed by atoms with Crippen LogP contribution in [0.1, 0.15) is 40.4 Å². The molecular weight excluding hydrogens is 438 g/mol. The van der Waals surface area contributed by atoms with Crippen molar-refractivity contribution >= 4 is 22.8 Å². The zero-order valence-electron chi connectivity index (χ0n) is 20.5. The number of piperidine rings is 1. The SMILES string of the molecule is CN(C)C(=O)c1ccc(C2CCN(Cc3cc4c(-c5ccc(N)nn5)ccnc4n3C)CC2)cc1. The third kappa shape index (κ3) is 4.61. The number of hydrogen-bond donors (Lipinski definition) is 1. The second-order valence-corrected chi connectivity index (χ2v) is 9.51. The first kappa shape index (κ1) is 23.0. The predicted octanol–water partition coefficient (Wildman–Crippen LogP) is 3.69. The number of fused-ring (bicyclic) bond motifs is 1. The standard InChI is InChI=1S/C27H31N7O/c1-32(2)27(35)20-6-4-18(5-7-20)19-11-14-34(15-12-19)17-21-16-23-22(10-13-29-26(23)33(21)3)24-8-9-25(28)31-30-24/h4-10,13,16,19H,11-12,14-15,17H2,1-3H3,(H2,28,31). The van der Waals surface area contributed by atoms with Crippen molar-refractivity contribution in [2.75, 3.05) is 32.9 Å². The molecule has 0 aliphatic carbocycles. The van der Waals surface area contributed by atoms with Crippen molar-refractivity contribution in [3.05, 3.63) is 71.5 Å². The van der Waals surface area contributed by atoms with Gasteiger partial charge in [0.15, 0.2) is 0 Å². The Morgan fingerprint density at radius 1 is 1.06 bits per heavy atom. The van der Waals surface area contributed by atoms with Crippen LogP contribution in [0.2, 0.25) is 0 Å². The molecule has 0 atom stereocenters. The fourth-order valence-corrected chi connectivity index (χ4v) is 4.94. The van der Waals surface area contributed by atoms with Gasteiger partial charge in [0.2, 0.25) is 0 Å². The lowest BCUT2D eigenvalue weighted by Gasteiger charge is -2.32. The summed E-state index contributed by atoms with van der Waals surface area (Å²) in [6.45, 7) is 2.95. The van der Waals surface area contributed by atoms with Crippen LogP contribution < -0.4 is 5.73 Å². The van der Waals surface area contributed by atoms with Gasteiger partial charge in [-0.15, -0.1) is 10.2 Å². The number of nitrogen functional groups attached to an aromatic ring is 1. The molecule has 8 nitrogen and oxygen atoms in total. The topological polar surface area (TPSA) is 93.2 Å². The van der Waals surface area contributed by atoms with Crippen molar-refractivity contribution in [3.63, 3.8) is 0 Å². The normalized spacial score (nSPS) is 14.9. The average molecular weight is 470 g/mol. The zero-order chi connectivity index (χ0) is 24.5. The molecule has 8 heteroatoms. The summed E-state index contributed by atoms with van der Waals surface area (Å²) < 4.78 is 2.18. The van der Waals surface area contributed by atoms with Crippen molar-refractivity contribution < 1.29 is 4.79 Å². The van der Waals surface area contributed by atoms with Crippen molar-refractivity contribution in [1.82, 2.24) is 29.5 Å². The van der Waals surface area contributed by atoms with E-state index in [0.717, 1.165) is 60.3 Å². The molecule has 5 rings (SSSR count). The Morgan fingerprint density at radius 3 is 2.46 bits per heavy atom. The first-order valence-electron chi connectivity index (χ1n) is 12.0. The number of pyridine rings is 1. The quantitative estimate of drug-likeness (QED) is 0.479. The van der Waals surface area contributed by atoms with E-state index in [9.17, 15) is 4.79 Å². The van der Waals surface area contributed by atoms with Gasteiger partial charge in [0, 0.05) is 56.1 Å². The number of amides is 1. The molecule has 35 heavy (non-hydrogen) atoms. The Balaban J connectivity index is 1.28. The maximum Gasteiger partial charge on any atom is 0.253 e. The molecule has 4 heterocycles. The van der Waals surface area contributed by atoms with Gasteiger partial charge in [0.05, 0.1) is 5.69 Å². The Bertz CT molecular complexity index is 1330. The molecule has 1 amide bonds. The zero-order valence-corrected chi connectivity index (χ0v) is 20.5. The van der Waals surface area contributed by atoms with Gasteiger partial charge in [-0.25, -0.2) is 4.98 Å². The summed E-state index contributed by atoms with van der Waals surface area (Å²) in [5.74, 6) is 0.983. The predicted molar refractivity (Wildman–Crippen MR) is 138 cm³/mol. The third-order valence-corrected chi connectivity index (χ3v) is 7.00. The lowest BCUT2D eigenvalue weighted by Crippen LogP contribution is -2.33. The highest BCUT2D eigenvalue weighted by Crippen LogP contribution is 2.31. The van der Waals surface area contributed by atoms with Gasteiger partial charge in [-0.2, -0.15) is 0 Å². The molecule has 0 spiro atoms. The summed E-state index contributed by atoms with van der Waals surface area (Å²) in [5, 5.41) is 9.36. The first-order chi connectivity index (χ1) is 16.9. The molecular formula is C27H31N7O. The van der Waals surface area contributed by atoms with Crippen LogP contribution in [0, 0.1) is 0 Å². The number of aromatic nitrogens is 4.